The first-order valence-corrected chi connectivity index (χ1v) is 4.79. The number of nitrogens with one attached hydrogen (secondary N) is 1. The molecule has 7 nitrogen and oxygen atoms in total. The zero-order valence-corrected chi connectivity index (χ0v) is 9.23. The molecule has 0 heterocycles. The van der Waals surface area contributed by atoms with Gasteiger partial charge in [-0.2, -0.15) is 0 Å². The minimum atomic E-state index is -1.10. The molecule has 0 aromatic rings. The summed E-state index contributed by atoms with van der Waals surface area (Å²) in [5.41, 5.74) is 0. The van der Waals surface area contributed by atoms with Crippen molar-refractivity contribution in [3.05, 3.63) is 0 Å². The van der Waals surface area contributed by atoms with E-state index in [4.69, 9.17) is 14.6 Å². The first-order chi connectivity index (χ1) is 7.66. The lowest BCUT2D eigenvalue weighted by Gasteiger charge is -2.05. The summed E-state index contributed by atoms with van der Waals surface area (Å²) in [4.78, 5) is 21.1. The van der Waals surface area contributed by atoms with Crippen molar-refractivity contribution >= 4 is 11.9 Å². The third-order valence-electron chi connectivity index (χ3n) is 1.46. The number of hydrogen-bond donors (Lipinski definition) is 2. The summed E-state index contributed by atoms with van der Waals surface area (Å²) >= 11 is 0. The van der Waals surface area contributed by atoms with Gasteiger partial charge in [-0.05, 0) is 0 Å². The molecule has 94 valence electrons. The van der Waals surface area contributed by atoms with Gasteiger partial charge in [0.25, 0.3) is 0 Å². The predicted octanol–water partition coefficient (Wildman–Crippen LogP) is -1.13. The Labute approximate surface area is 93.7 Å². The van der Waals surface area contributed by atoms with Crippen molar-refractivity contribution < 1.29 is 28.9 Å². The quantitative estimate of drug-likeness (QED) is 0.465. The van der Waals surface area contributed by atoms with Crippen LogP contribution in [-0.4, -0.2) is 63.7 Å². The van der Waals surface area contributed by atoms with Crippen molar-refractivity contribution in [1.29, 1.82) is 0 Å². The summed E-state index contributed by atoms with van der Waals surface area (Å²) in [7, 11) is 1.57. The van der Waals surface area contributed by atoms with Crippen LogP contribution in [0.5, 0.6) is 0 Å². The van der Waals surface area contributed by atoms with Crippen LogP contribution in [0.3, 0.4) is 0 Å². The summed E-state index contributed by atoms with van der Waals surface area (Å²) in [6, 6.07) is 0. The predicted molar refractivity (Wildman–Crippen MR) is 54.2 cm³/mol. The summed E-state index contributed by atoms with van der Waals surface area (Å²) in [5.74, 6) is -1.47. The Hall–Kier alpha value is -1.18. The Kier molecular flexibility index (Phi) is 9.58. The first kappa shape index (κ1) is 14.8. The second-order valence-corrected chi connectivity index (χ2v) is 2.84. The normalized spacial score (nSPS) is 10.1. The van der Waals surface area contributed by atoms with Gasteiger partial charge in [-0.25, -0.2) is 4.79 Å². The highest BCUT2D eigenvalue weighted by Crippen LogP contribution is 1.78. The van der Waals surface area contributed by atoms with Crippen LogP contribution in [-0.2, 0) is 23.8 Å². The zero-order valence-electron chi connectivity index (χ0n) is 9.23. The van der Waals surface area contributed by atoms with E-state index in [1.54, 1.807) is 7.11 Å². The number of amides is 1. The Morgan fingerprint density at radius 1 is 1.12 bits per heavy atom. The highest BCUT2D eigenvalue weighted by atomic mass is 16.5. The lowest BCUT2D eigenvalue weighted by Crippen LogP contribution is -2.31. The molecule has 0 saturated carbocycles. The highest BCUT2D eigenvalue weighted by Gasteiger charge is 2.02. The standard InChI is InChI=1S/C9H17NO6/c1-14-4-5-15-3-2-10-8(11)6-16-7-9(12)13/h2-7H2,1H3,(H,10,11)(H,12,13). The van der Waals surface area contributed by atoms with E-state index in [0.29, 0.717) is 26.4 Å². The Morgan fingerprint density at radius 2 is 1.88 bits per heavy atom. The number of rotatable bonds is 10. The van der Waals surface area contributed by atoms with Crippen LogP contribution in [0.1, 0.15) is 0 Å². The van der Waals surface area contributed by atoms with Gasteiger partial charge in [-0.15, -0.1) is 0 Å². The van der Waals surface area contributed by atoms with Gasteiger partial charge < -0.3 is 24.6 Å². The van der Waals surface area contributed by atoms with Gasteiger partial charge in [0.05, 0.1) is 19.8 Å². The maximum atomic E-state index is 11.0. The molecule has 2 N–H and O–H groups in total. The smallest absolute Gasteiger partial charge is 0.329 e. The van der Waals surface area contributed by atoms with E-state index in [2.05, 4.69) is 10.1 Å². The molecule has 0 radical (unpaired) electrons. The SMILES string of the molecule is COCCOCCNC(=O)COCC(=O)O. The van der Waals surface area contributed by atoms with Crippen LogP contribution < -0.4 is 5.32 Å². The number of ether oxygens (including phenoxy) is 3. The van der Waals surface area contributed by atoms with Gasteiger partial charge >= 0.3 is 5.97 Å². The third-order valence-corrected chi connectivity index (χ3v) is 1.46. The van der Waals surface area contributed by atoms with Gasteiger partial charge in [0.2, 0.25) is 5.91 Å². The Morgan fingerprint density at radius 3 is 2.50 bits per heavy atom. The maximum absolute atomic E-state index is 11.0. The topological polar surface area (TPSA) is 94.1 Å². The van der Waals surface area contributed by atoms with Crippen molar-refractivity contribution in [3.63, 3.8) is 0 Å². The lowest BCUT2D eigenvalue weighted by molar-refractivity contribution is -0.143. The van der Waals surface area contributed by atoms with Crippen LogP contribution >= 0.6 is 0 Å². The zero-order chi connectivity index (χ0) is 12.2. The van der Waals surface area contributed by atoms with E-state index in [1.165, 1.54) is 0 Å². The lowest BCUT2D eigenvalue weighted by atomic mass is 10.6. The van der Waals surface area contributed by atoms with Crippen LogP contribution in [0, 0.1) is 0 Å². The van der Waals surface area contributed by atoms with Crippen LogP contribution in [0.25, 0.3) is 0 Å². The molecule has 0 aromatic carbocycles. The fraction of sp³-hybridized carbons (Fsp3) is 0.778. The van der Waals surface area contributed by atoms with Gasteiger partial charge in [0, 0.05) is 13.7 Å². The van der Waals surface area contributed by atoms with Crippen molar-refractivity contribution in [2.24, 2.45) is 0 Å². The summed E-state index contributed by atoms with van der Waals surface area (Å²) in [5, 5.41) is 10.7. The molecule has 0 aromatic heterocycles. The average molecular weight is 235 g/mol. The summed E-state index contributed by atoms with van der Waals surface area (Å²) in [6.45, 7) is 0.993. The van der Waals surface area contributed by atoms with Gasteiger partial charge in [-0.3, -0.25) is 4.79 Å². The maximum Gasteiger partial charge on any atom is 0.329 e. The van der Waals surface area contributed by atoms with Crippen LogP contribution in [0.4, 0.5) is 0 Å². The number of hydrogen-bond acceptors (Lipinski definition) is 5. The monoisotopic (exact) mass is 235 g/mol. The fourth-order valence-corrected chi connectivity index (χ4v) is 0.789. The van der Waals surface area contributed by atoms with Gasteiger partial charge in [0.15, 0.2) is 0 Å². The molecule has 0 atom stereocenters. The molecule has 0 fully saturated rings. The molecule has 16 heavy (non-hydrogen) atoms. The number of carbonyl (C=O) groups excluding carboxylic acids is 1. The molecule has 0 aliphatic rings. The van der Waals surface area contributed by atoms with E-state index in [0.717, 1.165) is 0 Å². The highest BCUT2D eigenvalue weighted by molar-refractivity contribution is 5.77. The summed E-state index contributed by atoms with van der Waals surface area (Å²) in [6.07, 6.45) is 0. The van der Waals surface area contributed by atoms with Gasteiger partial charge in [0.1, 0.15) is 13.2 Å². The van der Waals surface area contributed by atoms with Gasteiger partial charge in [-0.1, -0.05) is 0 Å². The second kappa shape index (κ2) is 10.3. The number of carbonyl (C=O) groups is 2. The molecule has 0 rings (SSSR count). The Balaban J connectivity index is 3.20. The molecule has 0 aliphatic carbocycles. The largest absolute Gasteiger partial charge is 0.480 e. The van der Waals surface area contributed by atoms with E-state index in [-0.39, 0.29) is 12.5 Å². The molecular formula is C9H17NO6. The van der Waals surface area contributed by atoms with Crippen molar-refractivity contribution in [1.82, 2.24) is 5.32 Å². The number of methoxy groups -OCH3 is 1. The van der Waals surface area contributed by atoms with Crippen molar-refractivity contribution in [2.75, 3.05) is 46.7 Å². The molecule has 7 heteroatoms. The Bertz CT molecular complexity index is 208. The summed E-state index contributed by atoms with van der Waals surface area (Å²) < 4.78 is 14.4. The van der Waals surface area contributed by atoms with E-state index < -0.39 is 12.6 Å². The molecule has 0 aliphatic heterocycles. The first-order valence-electron chi connectivity index (χ1n) is 4.79. The molecule has 0 saturated heterocycles. The fourth-order valence-electron chi connectivity index (χ4n) is 0.789. The number of aliphatic carboxylic acids is 1. The molecule has 1 amide bonds. The van der Waals surface area contributed by atoms with Crippen LogP contribution in [0.15, 0.2) is 0 Å². The van der Waals surface area contributed by atoms with Crippen molar-refractivity contribution in [3.8, 4) is 0 Å². The van der Waals surface area contributed by atoms with E-state index in [1.807, 2.05) is 0 Å². The molecule has 0 unspecified atom stereocenters. The number of carboxylic acid groups (broad SMARTS) is 1. The van der Waals surface area contributed by atoms with E-state index >= 15 is 0 Å². The molecule has 0 spiro atoms. The minimum absolute atomic E-state index is 0.260. The minimum Gasteiger partial charge on any atom is -0.480 e. The average Bonchev–Trinajstić information content (AvgIpc) is 2.22. The number of carboxylic acids is 1. The third kappa shape index (κ3) is 10.9. The van der Waals surface area contributed by atoms with E-state index in [9.17, 15) is 9.59 Å². The van der Waals surface area contributed by atoms with Crippen molar-refractivity contribution in [2.45, 2.75) is 0 Å². The second-order valence-electron chi connectivity index (χ2n) is 2.84. The molecule has 0 bridgehead atoms. The van der Waals surface area contributed by atoms with Crippen LogP contribution in [0.2, 0.25) is 0 Å². The molecular weight excluding hydrogens is 218 g/mol.